The first-order valence-corrected chi connectivity index (χ1v) is 6.32. The van der Waals surface area contributed by atoms with Crippen molar-refractivity contribution in [2.45, 2.75) is 6.92 Å². The van der Waals surface area contributed by atoms with Crippen LogP contribution in [-0.4, -0.2) is 32.1 Å². The SMILES string of the molecule is COC(=O)N(CS(=O)(=O)O)c1ccc(C)cc1. The number of ether oxygens (including phenoxy) is 1. The number of benzene rings is 1. The zero-order valence-electron chi connectivity index (χ0n) is 9.45. The molecule has 0 atom stereocenters. The maximum atomic E-state index is 11.4. The van der Waals surface area contributed by atoms with Crippen LogP contribution in [0.1, 0.15) is 5.56 Å². The quantitative estimate of drug-likeness (QED) is 0.830. The van der Waals surface area contributed by atoms with Crippen molar-refractivity contribution in [3.8, 4) is 0 Å². The molecule has 0 saturated heterocycles. The Hall–Kier alpha value is -1.60. The fourth-order valence-electron chi connectivity index (χ4n) is 1.23. The minimum absolute atomic E-state index is 0.333. The third kappa shape index (κ3) is 4.04. The van der Waals surface area contributed by atoms with Crippen molar-refractivity contribution in [3.63, 3.8) is 0 Å². The van der Waals surface area contributed by atoms with Gasteiger partial charge in [-0.15, -0.1) is 0 Å². The van der Waals surface area contributed by atoms with Gasteiger partial charge in [0.2, 0.25) is 0 Å². The highest BCUT2D eigenvalue weighted by Crippen LogP contribution is 2.16. The number of hydrogen-bond donors (Lipinski definition) is 1. The van der Waals surface area contributed by atoms with E-state index in [0.717, 1.165) is 17.6 Å². The summed E-state index contributed by atoms with van der Waals surface area (Å²) in [4.78, 5) is 12.2. The first-order valence-electron chi connectivity index (χ1n) is 4.71. The molecule has 1 N–H and O–H groups in total. The van der Waals surface area contributed by atoms with Crippen LogP contribution in [0.2, 0.25) is 0 Å². The Labute approximate surface area is 99.6 Å². The van der Waals surface area contributed by atoms with Crippen LogP contribution in [0.3, 0.4) is 0 Å². The van der Waals surface area contributed by atoms with Crippen molar-refractivity contribution < 1.29 is 22.5 Å². The van der Waals surface area contributed by atoms with Crippen molar-refractivity contribution in [1.82, 2.24) is 0 Å². The summed E-state index contributed by atoms with van der Waals surface area (Å²) in [5.74, 6) is -0.845. The average molecular weight is 259 g/mol. The molecule has 0 spiro atoms. The zero-order valence-corrected chi connectivity index (χ0v) is 10.3. The number of carbonyl (C=O) groups excluding carboxylic acids is 1. The third-order valence-electron chi connectivity index (χ3n) is 2.03. The second-order valence-corrected chi connectivity index (χ2v) is 4.87. The zero-order chi connectivity index (χ0) is 13.1. The number of amides is 1. The van der Waals surface area contributed by atoms with Gasteiger partial charge in [-0.25, -0.2) is 4.79 Å². The number of aryl methyl sites for hydroxylation is 1. The number of rotatable bonds is 3. The first kappa shape index (κ1) is 13.5. The fraction of sp³-hybridized carbons (Fsp3) is 0.300. The minimum Gasteiger partial charge on any atom is -0.452 e. The van der Waals surface area contributed by atoms with E-state index in [9.17, 15) is 13.2 Å². The Bertz CT molecular complexity index is 494. The lowest BCUT2D eigenvalue weighted by molar-refractivity contribution is 0.179. The molecule has 0 radical (unpaired) electrons. The van der Waals surface area contributed by atoms with E-state index >= 15 is 0 Å². The van der Waals surface area contributed by atoms with E-state index < -0.39 is 22.1 Å². The summed E-state index contributed by atoms with van der Waals surface area (Å²) in [5, 5.41) is 0. The summed E-state index contributed by atoms with van der Waals surface area (Å²) in [7, 11) is -3.18. The van der Waals surface area contributed by atoms with Crippen LogP contribution < -0.4 is 4.90 Å². The van der Waals surface area contributed by atoms with Crippen LogP contribution >= 0.6 is 0 Å². The lowest BCUT2D eigenvalue weighted by atomic mass is 10.2. The second-order valence-electron chi connectivity index (χ2n) is 3.44. The lowest BCUT2D eigenvalue weighted by Crippen LogP contribution is -2.35. The smallest absolute Gasteiger partial charge is 0.415 e. The topological polar surface area (TPSA) is 83.9 Å². The van der Waals surface area contributed by atoms with E-state index in [-0.39, 0.29) is 0 Å². The van der Waals surface area contributed by atoms with Gasteiger partial charge in [-0.05, 0) is 19.1 Å². The molecular formula is C10H13NO5S. The molecule has 1 amide bonds. The molecule has 94 valence electrons. The number of nitrogens with zero attached hydrogens (tertiary/aromatic N) is 1. The Morgan fingerprint density at radius 3 is 2.29 bits per heavy atom. The van der Waals surface area contributed by atoms with Crippen LogP contribution in [0.4, 0.5) is 10.5 Å². The highest BCUT2D eigenvalue weighted by atomic mass is 32.2. The Kier molecular flexibility index (Phi) is 4.08. The number of anilines is 1. The van der Waals surface area contributed by atoms with Crippen LogP contribution in [-0.2, 0) is 14.9 Å². The van der Waals surface area contributed by atoms with Gasteiger partial charge in [-0.1, -0.05) is 17.7 Å². The summed E-state index contributed by atoms with van der Waals surface area (Å²) in [6, 6.07) is 6.57. The number of hydrogen-bond acceptors (Lipinski definition) is 4. The molecule has 0 aromatic heterocycles. The van der Waals surface area contributed by atoms with Crippen LogP contribution in [0.25, 0.3) is 0 Å². The van der Waals surface area contributed by atoms with Gasteiger partial charge in [0.05, 0.1) is 7.11 Å². The van der Waals surface area contributed by atoms with Gasteiger partial charge in [0.25, 0.3) is 10.1 Å². The van der Waals surface area contributed by atoms with Gasteiger partial charge in [-0.3, -0.25) is 9.45 Å². The van der Waals surface area contributed by atoms with E-state index in [4.69, 9.17) is 4.55 Å². The monoisotopic (exact) mass is 259 g/mol. The predicted octanol–water partition coefficient (Wildman–Crippen LogP) is 1.41. The van der Waals surface area contributed by atoms with E-state index in [1.54, 1.807) is 24.3 Å². The summed E-state index contributed by atoms with van der Waals surface area (Å²) in [6.07, 6.45) is -0.855. The van der Waals surface area contributed by atoms with Gasteiger partial charge in [0.15, 0.2) is 5.88 Å². The molecule has 0 saturated carbocycles. The lowest BCUT2D eigenvalue weighted by Gasteiger charge is -2.19. The summed E-state index contributed by atoms with van der Waals surface area (Å²) >= 11 is 0. The van der Waals surface area contributed by atoms with Gasteiger partial charge < -0.3 is 4.74 Å². The normalized spacial score (nSPS) is 11.0. The maximum absolute atomic E-state index is 11.4. The maximum Gasteiger partial charge on any atom is 0.415 e. The van der Waals surface area contributed by atoms with Crippen molar-refractivity contribution in [2.24, 2.45) is 0 Å². The summed E-state index contributed by atoms with van der Waals surface area (Å²) < 4.78 is 34.8. The van der Waals surface area contributed by atoms with Gasteiger partial charge in [-0.2, -0.15) is 8.42 Å². The van der Waals surface area contributed by atoms with Crippen molar-refractivity contribution in [2.75, 3.05) is 17.9 Å². The largest absolute Gasteiger partial charge is 0.452 e. The summed E-state index contributed by atoms with van der Waals surface area (Å²) in [6.45, 7) is 1.86. The standard InChI is InChI=1S/C10H13NO5S/c1-8-3-5-9(6-4-8)11(10(12)16-2)7-17(13,14)15/h3-6H,7H2,1-2H3,(H,13,14,15). The molecule has 0 fully saturated rings. The Morgan fingerprint density at radius 1 is 1.35 bits per heavy atom. The van der Waals surface area contributed by atoms with E-state index in [2.05, 4.69) is 4.74 Å². The molecule has 1 rings (SSSR count). The van der Waals surface area contributed by atoms with Gasteiger partial charge in [0, 0.05) is 5.69 Å². The highest BCUT2D eigenvalue weighted by Gasteiger charge is 2.21. The Balaban J connectivity index is 3.06. The third-order valence-corrected chi connectivity index (χ3v) is 2.62. The summed E-state index contributed by atoms with van der Waals surface area (Å²) in [5.41, 5.74) is 1.30. The minimum atomic E-state index is -4.31. The van der Waals surface area contributed by atoms with Gasteiger partial charge >= 0.3 is 6.09 Å². The molecule has 0 bridgehead atoms. The van der Waals surface area contributed by atoms with Crippen LogP contribution in [0, 0.1) is 6.92 Å². The van der Waals surface area contributed by atoms with E-state index in [1.807, 2.05) is 6.92 Å². The predicted molar refractivity (Wildman–Crippen MR) is 62.5 cm³/mol. The van der Waals surface area contributed by atoms with Crippen molar-refractivity contribution in [1.29, 1.82) is 0 Å². The highest BCUT2D eigenvalue weighted by molar-refractivity contribution is 7.85. The van der Waals surface area contributed by atoms with Crippen LogP contribution in [0.15, 0.2) is 24.3 Å². The molecule has 0 aliphatic carbocycles. The molecule has 7 heteroatoms. The molecule has 1 aromatic rings. The van der Waals surface area contributed by atoms with E-state index in [0.29, 0.717) is 5.69 Å². The molecule has 6 nitrogen and oxygen atoms in total. The molecular weight excluding hydrogens is 246 g/mol. The molecule has 0 heterocycles. The van der Waals surface area contributed by atoms with E-state index in [1.165, 1.54) is 0 Å². The average Bonchev–Trinajstić information content (AvgIpc) is 2.25. The molecule has 17 heavy (non-hydrogen) atoms. The molecule has 0 unspecified atom stereocenters. The Morgan fingerprint density at radius 2 is 1.88 bits per heavy atom. The molecule has 0 aliphatic heterocycles. The molecule has 0 aliphatic rings. The van der Waals surface area contributed by atoms with Crippen molar-refractivity contribution in [3.05, 3.63) is 29.8 Å². The fourth-order valence-corrected chi connectivity index (χ4v) is 1.81. The number of methoxy groups -OCH3 is 1. The number of carbonyl (C=O) groups is 1. The van der Waals surface area contributed by atoms with Crippen LogP contribution in [0.5, 0.6) is 0 Å². The van der Waals surface area contributed by atoms with Gasteiger partial charge in [0.1, 0.15) is 0 Å². The second kappa shape index (κ2) is 5.15. The first-order chi connectivity index (χ1) is 7.83. The van der Waals surface area contributed by atoms with Crippen molar-refractivity contribution >= 4 is 21.9 Å². The molecule has 1 aromatic carbocycles.